The summed E-state index contributed by atoms with van der Waals surface area (Å²) in [6.07, 6.45) is 5.13. The van der Waals surface area contributed by atoms with Crippen LogP contribution in [-0.2, 0) is 0 Å². The molecule has 2 aliphatic heterocycles. The van der Waals surface area contributed by atoms with E-state index in [1.165, 1.54) is 37.8 Å². The number of nitrogens with zero attached hydrogens (tertiary/aromatic N) is 3. The highest BCUT2D eigenvalue weighted by molar-refractivity contribution is 5.77. The third-order valence-electron chi connectivity index (χ3n) is 5.62. The van der Waals surface area contributed by atoms with Gasteiger partial charge in [0, 0.05) is 12.6 Å². The molecule has 0 spiro atoms. The molecular formula is C20H33N5. The molecule has 0 bridgehead atoms. The van der Waals surface area contributed by atoms with Gasteiger partial charge in [0.15, 0.2) is 5.96 Å². The maximum Gasteiger partial charge on any atom is 0.188 e. The average Bonchev–Trinajstić information content (AvgIpc) is 3.32. The minimum Gasteiger partial charge on any atom is -0.370 e. The highest BCUT2D eigenvalue weighted by Crippen LogP contribution is 2.25. The maximum absolute atomic E-state index is 6.17. The molecule has 5 nitrogen and oxygen atoms in total. The molecular weight excluding hydrogens is 310 g/mol. The molecule has 3 N–H and O–H groups in total. The van der Waals surface area contributed by atoms with E-state index >= 15 is 0 Å². The molecule has 2 saturated heterocycles. The van der Waals surface area contributed by atoms with E-state index in [0.29, 0.717) is 18.0 Å². The van der Waals surface area contributed by atoms with Crippen molar-refractivity contribution in [1.29, 1.82) is 0 Å². The second kappa shape index (κ2) is 9.20. The SMILES string of the molecule is CCN1CCCC1CNC(N)=NCC(c1ccccc1)N1CCCC1. The predicted octanol–water partition coefficient (Wildman–Crippen LogP) is 2.21. The first-order chi connectivity index (χ1) is 12.3. The van der Waals surface area contributed by atoms with Crippen LogP contribution in [0.2, 0.25) is 0 Å². The molecule has 2 fully saturated rings. The minimum atomic E-state index is 0.336. The second-order valence-electron chi connectivity index (χ2n) is 7.20. The standard InChI is InChI=1S/C20H33N5/c1-2-24-14-8-11-18(24)15-22-20(21)23-16-19(25-12-6-7-13-25)17-9-4-3-5-10-17/h3-5,9-10,18-19H,2,6-8,11-16H2,1H3,(H3,21,22,23). The molecule has 0 saturated carbocycles. The number of hydrogen-bond donors (Lipinski definition) is 2. The number of nitrogens with two attached hydrogens (primary N) is 1. The molecule has 2 atom stereocenters. The van der Waals surface area contributed by atoms with Crippen LogP contribution >= 0.6 is 0 Å². The largest absolute Gasteiger partial charge is 0.370 e. The van der Waals surface area contributed by atoms with E-state index in [2.05, 4.69) is 57.4 Å². The van der Waals surface area contributed by atoms with Crippen LogP contribution < -0.4 is 11.1 Å². The molecule has 0 aliphatic carbocycles. The lowest BCUT2D eigenvalue weighted by atomic mass is 10.1. The normalized spacial score (nSPS) is 23.9. The Morgan fingerprint density at radius 1 is 1.20 bits per heavy atom. The van der Waals surface area contributed by atoms with Gasteiger partial charge in [-0.3, -0.25) is 14.8 Å². The summed E-state index contributed by atoms with van der Waals surface area (Å²) < 4.78 is 0. The zero-order valence-electron chi connectivity index (χ0n) is 15.5. The monoisotopic (exact) mass is 343 g/mol. The molecule has 138 valence electrons. The van der Waals surface area contributed by atoms with Crippen LogP contribution in [0.15, 0.2) is 35.3 Å². The van der Waals surface area contributed by atoms with E-state index in [1.807, 2.05) is 0 Å². The fourth-order valence-corrected chi connectivity index (χ4v) is 4.17. The number of hydrogen-bond acceptors (Lipinski definition) is 3. The number of rotatable bonds is 7. The van der Waals surface area contributed by atoms with Crippen molar-refractivity contribution in [3.05, 3.63) is 35.9 Å². The molecule has 2 aliphatic rings. The molecule has 2 unspecified atom stereocenters. The summed E-state index contributed by atoms with van der Waals surface area (Å²) in [5, 5.41) is 3.35. The zero-order chi connectivity index (χ0) is 17.5. The minimum absolute atomic E-state index is 0.336. The van der Waals surface area contributed by atoms with Crippen molar-refractivity contribution in [3.8, 4) is 0 Å². The van der Waals surface area contributed by atoms with Gasteiger partial charge in [0.1, 0.15) is 0 Å². The fraction of sp³-hybridized carbons (Fsp3) is 0.650. The van der Waals surface area contributed by atoms with Gasteiger partial charge in [-0.2, -0.15) is 0 Å². The highest BCUT2D eigenvalue weighted by Gasteiger charge is 2.24. The van der Waals surface area contributed by atoms with E-state index in [1.54, 1.807) is 0 Å². The van der Waals surface area contributed by atoms with Gasteiger partial charge in [-0.15, -0.1) is 0 Å². The van der Waals surface area contributed by atoms with Crippen LogP contribution in [0, 0.1) is 0 Å². The van der Waals surface area contributed by atoms with Crippen molar-refractivity contribution < 1.29 is 0 Å². The summed E-state index contributed by atoms with van der Waals surface area (Å²) in [6, 6.07) is 11.7. The molecule has 0 radical (unpaired) electrons. The Morgan fingerprint density at radius 2 is 1.96 bits per heavy atom. The summed E-state index contributed by atoms with van der Waals surface area (Å²) in [6.45, 7) is 8.52. The molecule has 1 aromatic carbocycles. The van der Waals surface area contributed by atoms with Crippen molar-refractivity contribution in [1.82, 2.24) is 15.1 Å². The number of benzene rings is 1. The summed E-state index contributed by atoms with van der Waals surface area (Å²) in [5.74, 6) is 0.586. The van der Waals surface area contributed by atoms with E-state index < -0.39 is 0 Å². The fourth-order valence-electron chi connectivity index (χ4n) is 4.17. The zero-order valence-corrected chi connectivity index (χ0v) is 15.5. The van der Waals surface area contributed by atoms with E-state index in [-0.39, 0.29) is 0 Å². The first-order valence-corrected chi connectivity index (χ1v) is 9.84. The Balaban J connectivity index is 1.56. The van der Waals surface area contributed by atoms with E-state index in [9.17, 15) is 0 Å². The van der Waals surface area contributed by atoms with Crippen molar-refractivity contribution >= 4 is 5.96 Å². The molecule has 0 aromatic heterocycles. The first kappa shape index (κ1) is 18.2. The third kappa shape index (κ3) is 4.95. The molecule has 2 heterocycles. The lowest BCUT2D eigenvalue weighted by Gasteiger charge is -2.27. The van der Waals surface area contributed by atoms with Gasteiger partial charge >= 0.3 is 0 Å². The number of likely N-dealkylation sites (tertiary alicyclic amines) is 2. The second-order valence-corrected chi connectivity index (χ2v) is 7.20. The average molecular weight is 344 g/mol. The Hall–Kier alpha value is -1.59. The van der Waals surface area contributed by atoms with Gasteiger partial charge < -0.3 is 11.1 Å². The molecule has 3 rings (SSSR count). The number of guanidine groups is 1. The van der Waals surface area contributed by atoms with Gasteiger partial charge in [-0.1, -0.05) is 37.3 Å². The predicted molar refractivity (Wildman–Crippen MR) is 105 cm³/mol. The summed E-state index contributed by atoms with van der Waals surface area (Å²) in [5.41, 5.74) is 7.51. The summed E-state index contributed by atoms with van der Waals surface area (Å²) in [4.78, 5) is 9.75. The summed E-state index contributed by atoms with van der Waals surface area (Å²) >= 11 is 0. The van der Waals surface area contributed by atoms with Gasteiger partial charge in [-0.05, 0) is 57.4 Å². The third-order valence-corrected chi connectivity index (χ3v) is 5.62. The van der Waals surface area contributed by atoms with Crippen molar-refractivity contribution in [2.75, 3.05) is 39.3 Å². The van der Waals surface area contributed by atoms with Crippen LogP contribution in [0.3, 0.4) is 0 Å². The number of likely N-dealkylation sites (N-methyl/N-ethyl adjacent to an activating group) is 1. The Morgan fingerprint density at radius 3 is 2.68 bits per heavy atom. The lowest BCUT2D eigenvalue weighted by Crippen LogP contribution is -2.43. The van der Waals surface area contributed by atoms with Gasteiger partial charge in [-0.25, -0.2) is 0 Å². The van der Waals surface area contributed by atoms with Crippen molar-refractivity contribution in [3.63, 3.8) is 0 Å². The van der Waals surface area contributed by atoms with E-state index in [0.717, 1.165) is 32.7 Å². The smallest absolute Gasteiger partial charge is 0.188 e. The van der Waals surface area contributed by atoms with Crippen LogP contribution in [0.4, 0.5) is 0 Å². The molecule has 0 amide bonds. The topological polar surface area (TPSA) is 56.9 Å². The van der Waals surface area contributed by atoms with Crippen molar-refractivity contribution in [2.45, 2.75) is 44.7 Å². The quantitative estimate of drug-likeness (QED) is 0.589. The molecule has 25 heavy (non-hydrogen) atoms. The number of aliphatic imine (C=N–C) groups is 1. The van der Waals surface area contributed by atoms with Crippen LogP contribution in [0.5, 0.6) is 0 Å². The Bertz CT molecular complexity index is 538. The van der Waals surface area contributed by atoms with Gasteiger partial charge in [0.2, 0.25) is 0 Å². The van der Waals surface area contributed by atoms with Gasteiger partial charge in [0.05, 0.1) is 12.6 Å². The van der Waals surface area contributed by atoms with E-state index in [4.69, 9.17) is 5.73 Å². The first-order valence-electron chi connectivity index (χ1n) is 9.84. The maximum atomic E-state index is 6.17. The summed E-state index contributed by atoms with van der Waals surface area (Å²) in [7, 11) is 0. The molecule has 5 heteroatoms. The van der Waals surface area contributed by atoms with Gasteiger partial charge in [0.25, 0.3) is 0 Å². The lowest BCUT2D eigenvalue weighted by molar-refractivity contribution is 0.251. The highest BCUT2D eigenvalue weighted by atomic mass is 15.2. The van der Waals surface area contributed by atoms with Crippen LogP contribution in [0.25, 0.3) is 0 Å². The Labute approximate surface area is 152 Å². The number of nitrogens with one attached hydrogen (secondary N) is 1. The Kier molecular flexibility index (Phi) is 6.70. The molecule has 1 aromatic rings. The van der Waals surface area contributed by atoms with Crippen LogP contribution in [0.1, 0.15) is 44.2 Å². The van der Waals surface area contributed by atoms with Crippen LogP contribution in [-0.4, -0.2) is 61.1 Å². The van der Waals surface area contributed by atoms with Crippen molar-refractivity contribution in [2.24, 2.45) is 10.7 Å².